The first kappa shape index (κ1) is 30.6. The Balaban J connectivity index is 2.22. The molecule has 0 unspecified atom stereocenters. The van der Waals surface area contributed by atoms with E-state index in [1.807, 2.05) is 0 Å². The van der Waals surface area contributed by atoms with Crippen molar-refractivity contribution < 1.29 is 38.1 Å². The minimum atomic E-state index is -0.644. The normalized spacial score (nSPS) is 10.2. The molecular formula is C24H33N5O8. The van der Waals surface area contributed by atoms with E-state index in [4.69, 9.17) is 18.9 Å². The van der Waals surface area contributed by atoms with Crippen molar-refractivity contribution in [3.8, 4) is 0 Å². The van der Waals surface area contributed by atoms with Gasteiger partial charge in [-0.15, -0.1) is 5.11 Å². The minimum absolute atomic E-state index is 0.0157. The maximum Gasteiger partial charge on any atom is 0.407 e. The van der Waals surface area contributed by atoms with Crippen LogP contribution in [0.1, 0.15) is 19.4 Å². The Morgan fingerprint density at radius 3 is 1.84 bits per heavy atom. The van der Waals surface area contributed by atoms with Crippen LogP contribution in [-0.2, 0) is 35.1 Å². The highest BCUT2D eigenvalue weighted by Gasteiger charge is 2.07. The number of ether oxygens (including phenoxy) is 4. The van der Waals surface area contributed by atoms with Crippen LogP contribution in [0.3, 0.4) is 0 Å². The number of nitrogens with one attached hydrogen (secondary N) is 2. The van der Waals surface area contributed by atoms with E-state index in [1.165, 1.54) is 18.9 Å². The molecule has 13 nitrogen and oxygen atoms in total. The van der Waals surface area contributed by atoms with Crippen LogP contribution < -0.4 is 10.6 Å². The maximum absolute atomic E-state index is 11.7. The fraction of sp³-hybridized carbons (Fsp3) is 0.417. The summed E-state index contributed by atoms with van der Waals surface area (Å²) in [7, 11) is 1.67. The molecule has 1 aromatic rings. The third-order valence-electron chi connectivity index (χ3n) is 4.17. The third kappa shape index (κ3) is 14.5. The summed E-state index contributed by atoms with van der Waals surface area (Å²) in [5, 5.41) is 14.5. The number of rotatable bonds is 15. The van der Waals surface area contributed by atoms with Gasteiger partial charge in [0.15, 0.2) is 0 Å². The van der Waals surface area contributed by atoms with E-state index in [9.17, 15) is 19.2 Å². The van der Waals surface area contributed by atoms with Crippen molar-refractivity contribution in [3.63, 3.8) is 0 Å². The highest BCUT2D eigenvalue weighted by Crippen LogP contribution is 2.14. The number of carbonyl (C=O) groups excluding carboxylic acids is 4. The minimum Gasteiger partial charge on any atom is -0.460 e. The number of hydrogen-bond donors (Lipinski definition) is 2. The highest BCUT2D eigenvalue weighted by atomic mass is 16.6. The lowest BCUT2D eigenvalue weighted by molar-refractivity contribution is -0.139. The number of likely N-dealkylation sites (N-methyl/N-ethyl adjacent to an activating group) is 1. The molecule has 2 N–H and O–H groups in total. The van der Waals surface area contributed by atoms with E-state index >= 15 is 0 Å². The van der Waals surface area contributed by atoms with Crippen molar-refractivity contribution >= 4 is 29.8 Å². The van der Waals surface area contributed by atoms with Gasteiger partial charge in [0.1, 0.15) is 26.4 Å². The summed E-state index contributed by atoms with van der Waals surface area (Å²) < 4.78 is 19.8. The van der Waals surface area contributed by atoms with Crippen LogP contribution in [0.25, 0.3) is 0 Å². The van der Waals surface area contributed by atoms with E-state index in [2.05, 4.69) is 34.1 Å². The molecule has 13 heteroatoms. The van der Waals surface area contributed by atoms with Crippen molar-refractivity contribution in [2.75, 3.05) is 46.5 Å². The van der Waals surface area contributed by atoms with Crippen LogP contribution in [-0.4, -0.2) is 75.6 Å². The summed E-state index contributed by atoms with van der Waals surface area (Å²) in [6.07, 6.45) is -1.28. The fourth-order valence-electron chi connectivity index (χ4n) is 2.19. The lowest BCUT2D eigenvalue weighted by Gasteiger charge is -2.12. The zero-order chi connectivity index (χ0) is 27.6. The van der Waals surface area contributed by atoms with Crippen molar-refractivity contribution in [2.24, 2.45) is 10.3 Å². The molecule has 0 atom stereocenters. The van der Waals surface area contributed by atoms with Crippen molar-refractivity contribution in [2.45, 2.75) is 20.5 Å². The molecule has 0 spiro atoms. The average Bonchev–Trinajstić information content (AvgIpc) is 2.86. The predicted molar refractivity (Wildman–Crippen MR) is 133 cm³/mol. The summed E-state index contributed by atoms with van der Waals surface area (Å²) in [5.74, 6) is -1.04. The van der Waals surface area contributed by atoms with Crippen molar-refractivity contribution in [3.05, 3.63) is 54.1 Å². The molecule has 0 aromatic heterocycles. The average molecular weight is 520 g/mol. The molecule has 1 aromatic carbocycles. The number of esters is 2. The molecule has 0 radical (unpaired) electrons. The second-order valence-corrected chi connectivity index (χ2v) is 7.64. The number of alkyl carbamates (subject to hydrolysis) is 2. The first-order valence-electron chi connectivity index (χ1n) is 11.3. The fourth-order valence-corrected chi connectivity index (χ4v) is 2.19. The van der Waals surface area contributed by atoms with E-state index in [0.717, 1.165) is 5.56 Å². The molecule has 2 amide bonds. The molecule has 202 valence electrons. The van der Waals surface area contributed by atoms with Crippen LogP contribution >= 0.6 is 0 Å². The van der Waals surface area contributed by atoms with Crippen LogP contribution in [0, 0.1) is 0 Å². The largest absolute Gasteiger partial charge is 0.460 e. The van der Waals surface area contributed by atoms with Crippen LogP contribution in [0.2, 0.25) is 0 Å². The molecule has 0 aliphatic rings. The van der Waals surface area contributed by atoms with Gasteiger partial charge in [-0.25, -0.2) is 19.2 Å². The van der Waals surface area contributed by atoms with Gasteiger partial charge in [0.25, 0.3) is 0 Å². The Hall–Kier alpha value is -4.42. The van der Waals surface area contributed by atoms with Gasteiger partial charge in [-0.2, -0.15) is 0 Å². The molecule has 0 aliphatic heterocycles. The smallest absolute Gasteiger partial charge is 0.407 e. The van der Waals surface area contributed by atoms with E-state index in [-0.39, 0.29) is 50.7 Å². The topological polar surface area (TPSA) is 157 Å². The van der Waals surface area contributed by atoms with Gasteiger partial charge in [0.2, 0.25) is 0 Å². The standard InChI is InChI=1S/C24H33N5O8/c1-17(2)21(30)34-13-10-25-23(32)36-15-12-29(5)28-27-20-8-6-19(7-9-20)16-37-24(33)26-11-14-35-22(31)18(3)4/h6-9H,1,3,10-16H2,2,4-5H3,(H,25,32)(H,26,33). The molecule has 37 heavy (non-hydrogen) atoms. The van der Waals surface area contributed by atoms with Gasteiger partial charge in [0.05, 0.1) is 25.3 Å². The molecule has 1 rings (SSSR count). The molecular weight excluding hydrogens is 486 g/mol. The maximum atomic E-state index is 11.7. The van der Waals surface area contributed by atoms with E-state index < -0.39 is 24.1 Å². The predicted octanol–water partition coefficient (Wildman–Crippen LogP) is 2.81. The van der Waals surface area contributed by atoms with Crippen molar-refractivity contribution in [1.82, 2.24) is 15.6 Å². The SMILES string of the molecule is C=C(C)C(=O)OCCNC(=O)OCCN(C)N=Nc1ccc(COC(=O)NCCOC(=O)C(=C)C)cc1. The number of amides is 2. The van der Waals surface area contributed by atoms with Gasteiger partial charge in [-0.1, -0.05) is 30.5 Å². The van der Waals surface area contributed by atoms with E-state index in [1.54, 1.807) is 31.3 Å². The summed E-state index contributed by atoms with van der Waals surface area (Å²) in [4.78, 5) is 45.7. The van der Waals surface area contributed by atoms with Gasteiger partial charge in [-0.05, 0) is 31.5 Å². The number of benzene rings is 1. The molecule has 0 fully saturated rings. The summed E-state index contributed by atoms with van der Waals surface area (Å²) in [6.45, 7) is 10.7. The van der Waals surface area contributed by atoms with Crippen LogP contribution in [0.5, 0.6) is 0 Å². The molecule has 0 aliphatic carbocycles. The monoisotopic (exact) mass is 519 g/mol. The summed E-state index contributed by atoms with van der Waals surface area (Å²) in [5.41, 5.74) is 1.87. The lowest BCUT2D eigenvalue weighted by atomic mass is 10.2. The Morgan fingerprint density at radius 2 is 1.32 bits per heavy atom. The Morgan fingerprint density at radius 1 is 0.811 bits per heavy atom. The van der Waals surface area contributed by atoms with Gasteiger partial charge in [0, 0.05) is 18.2 Å². The number of carbonyl (C=O) groups is 4. The Bertz CT molecular complexity index is 978. The molecule has 0 saturated carbocycles. The zero-order valence-corrected chi connectivity index (χ0v) is 21.3. The Labute approximate surface area is 215 Å². The first-order valence-corrected chi connectivity index (χ1v) is 11.3. The van der Waals surface area contributed by atoms with Gasteiger partial charge >= 0.3 is 24.1 Å². The molecule has 0 heterocycles. The summed E-state index contributed by atoms with van der Waals surface area (Å²) >= 11 is 0. The van der Waals surface area contributed by atoms with Crippen LogP contribution in [0.4, 0.5) is 15.3 Å². The third-order valence-corrected chi connectivity index (χ3v) is 4.17. The second kappa shape index (κ2) is 17.1. The van der Waals surface area contributed by atoms with E-state index in [0.29, 0.717) is 12.2 Å². The highest BCUT2D eigenvalue weighted by molar-refractivity contribution is 5.87. The molecule has 0 saturated heterocycles. The Kier molecular flexibility index (Phi) is 14.1. The molecule has 0 bridgehead atoms. The zero-order valence-electron chi connectivity index (χ0n) is 21.3. The van der Waals surface area contributed by atoms with Crippen molar-refractivity contribution in [1.29, 1.82) is 0 Å². The van der Waals surface area contributed by atoms with Gasteiger partial charge in [-0.3, -0.25) is 5.01 Å². The second-order valence-electron chi connectivity index (χ2n) is 7.64. The quantitative estimate of drug-likeness (QED) is 0.0888. The lowest BCUT2D eigenvalue weighted by Crippen LogP contribution is -2.30. The first-order chi connectivity index (χ1) is 17.6. The number of nitrogens with zero attached hydrogens (tertiary/aromatic N) is 3. The number of hydrogen-bond acceptors (Lipinski definition) is 10. The van der Waals surface area contributed by atoms with Gasteiger partial charge < -0.3 is 29.6 Å². The summed E-state index contributed by atoms with van der Waals surface area (Å²) in [6, 6.07) is 6.87. The van der Waals surface area contributed by atoms with Crippen LogP contribution in [0.15, 0.2) is 58.9 Å².